The second-order valence-electron chi connectivity index (χ2n) is 6.58. The minimum absolute atomic E-state index is 0.0304. The van der Waals surface area contributed by atoms with E-state index in [0.717, 1.165) is 5.56 Å². The Morgan fingerprint density at radius 3 is 2.48 bits per heavy atom. The van der Waals surface area contributed by atoms with E-state index in [4.69, 9.17) is 9.47 Å². The SMILES string of the molecule is CC(=O)N1CC(NC(=O)C(C)(C)c2ccc3c(c2)OCCO3)C1. The van der Waals surface area contributed by atoms with Crippen molar-refractivity contribution in [2.75, 3.05) is 26.3 Å². The van der Waals surface area contributed by atoms with E-state index in [1.54, 1.807) is 4.90 Å². The van der Waals surface area contributed by atoms with Gasteiger partial charge in [0.25, 0.3) is 0 Å². The van der Waals surface area contributed by atoms with Gasteiger partial charge < -0.3 is 19.7 Å². The largest absolute Gasteiger partial charge is 0.486 e. The molecule has 23 heavy (non-hydrogen) atoms. The lowest BCUT2D eigenvalue weighted by Crippen LogP contribution is -2.62. The Morgan fingerprint density at radius 1 is 1.17 bits per heavy atom. The summed E-state index contributed by atoms with van der Waals surface area (Å²) in [7, 11) is 0. The van der Waals surface area contributed by atoms with Crippen molar-refractivity contribution in [2.45, 2.75) is 32.2 Å². The van der Waals surface area contributed by atoms with Crippen LogP contribution in [0.4, 0.5) is 0 Å². The third-order valence-corrected chi connectivity index (χ3v) is 4.49. The van der Waals surface area contributed by atoms with Crippen LogP contribution in [-0.2, 0) is 15.0 Å². The molecule has 1 N–H and O–H groups in total. The summed E-state index contributed by atoms with van der Waals surface area (Å²) >= 11 is 0. The minimum Gasteiger partial charge on any atom is -0.486 e. The molecule has 1 fully saturated rings. The van der Waals surface area contributed by atoms with Crippen molar-refractivity contribution in [2.24, 2.45) is 0 Å². The van der Waals surface area contributed by atoms with Gasteiger partial charge in [-0.2, -0.15) is 0 Å². The number of amides is 2. The average molecular weight is 318 g/mol. The van der Waals surface area contributed by atoms with Crippen molar-refractivity contribution in [3.8, 4) is 11.5 Å². The first kappa shape index (κ1) is 15.6. The van der Waals surface area contributed by atoms with Crippen LogP contribution in [0.15, 0.2) is 18.2 Å². The first-order valence-electron chi connectivity index (χ1n) is 7.84. The van der Waals surface area contributed by atoms with Crippen molar-refractivity contribution in [3.63, 3.8) is 0 Å². The maximum Gasteiger partial charge on any atom is 0.230 e. The van der Waals surface area contributed by atoms with Crippen LogP contribution < -0.4 is 14.8 Å². The molecule has 0 unspecified atom stereocenters. The van der Waals surface area contributed by atoms with Gasteiger partial charge in [0.1, 0.15) is 13.2 Å². The van der Waals surface area contributed by atoms with Crippen LogP contribution in [0.5, 0.6) is 11.5 Å². The zero-order valence-corrected chi connectivity index (χ0v) is 13.7. The number of ether oxygens (including phenoxy) is 2. The lowest BCUT2D eigenvalue weighted by atomic mass is 9.83. The Kier molecular flexibility index (Phi) is 3.92. The third-order valence-electron chi connectivity index (χ3n) is 4.49. The van der Waals surface area contributed by atoms with E-state index in [1.807, 2.05) is 32.0 Å². The second kappa shape index (κ2) is 5.76. The number of likely N-dealkylation sites (tertiary alicyclic amines) is 1. The normalized spacial score (nSPS) is 17.4. The Morgan fingerprint density at radius 2 is 1.83 bits per heavy atom. The van der Waals surface area contributed by atoms with Gasteiger partial charge >= 0.3 is 0 Å². The zero-order chi connectivity index (χ0) is 16.6. The molecule has 6 heteroatoms. The molecule has 0 spiro atoms. The van der Waals surface area contributed by atoms with Gasteiger partial charge in [-0.1, -0.05) is 6.07 Å². The van der Waals surface area contributed by atoms with Crippen molar-refractivity contribution >= 4 is 11.8 Å². The highest BCUT2D eigenvalue weighted by Gasteiger charge is 2.36. The fourth-order valence-electron chi connectivity index (χ4n) is 2.76. The molecule has 0 aliphatic carbocycles. The van der Waals surface area contributed by atoms with Crippen LogP contribution in [0.3, 0.4) is 0 Å². The van der Waals surface area contributed by atoms with Crippen LogP contribution in [0.1, 0.15) is 26.3 Å². The van der Waals surface area contributed by atoms with Crippen molar-refractivity contribution < 1.29 is 19.1 Å². The van der Waals surface area contributed by atoms with Gasteiger partial charge in [0, 0.05) is 20.0 Å². The summed E-state index contributed by atoms with van der Waals surface area (Å²) in [6, 6.07) is 5.65. The van der Waals surface area contributed by atoms with Crippen molar-refractivity contribution in [1.82, 2.24) is 10.2 Å². The number of carbonyl (C=O) groups is 2. The van der Waals surface area contributed by atoms with E-state index in [9.17, 15) is 9.59 Å². The number of rotatable bonds is 3. The summed E-state index contributed by atoms with van der Waals surface area (Å²) in [5, 5.41) is 3.02. The highest BCUT2D eigenvalue weighted by atomic mass is 16.6. The summed E-state index contributed by atoms with van der Waals surface area (Å²) in [6.45, 7) is 7.54. The summed E-state index contributed by atoms with van der Waals surface area (Å²) in [4.78, 5) is 25.5. The van der Waals surface area contributed by atoms with Gasteiger partial charge in [-0.3, -0.25) is 9.59 Å². The van der Waals surface area contributed by atoms with Crippen molar-refractivity contribution in [1.29, 1.82) is 0 Å². The smallest absolute Gasteiger partial charge is 0.230 e. The lowest BCUT2D eigenvalue weighted by molar-refractivity contribution is -0.136. The average Bonchev–Trinajstić information content (AvgIpc) is 2.49. The molecular formula is C17H22N2O4. The zero-order valence-electron chi connectivity index (χ0n) is 13.7. The lowest BCUT2D eigenvalue weighted by Gasteiger charge is -2.40. The number of hydrogen-bond acceptors (Lipinski definition) is 4. The first-order valence-corrected chi connectivity index (χ1v) is 7.84. The third kappa shape index (κ3) is 2.98. The van der Waals surface area contributed by atoms with Gasteiger partial charge in [0.05, 0.1) is 11.5 Å². The molecular weight excluding hydrogens is 296 g/mol. The maximum atomic E-state index is 12.6. The predicted molar refractivity (Wildman–Crippen MR) is 84.6 cm³/mol. The van der Waals surface area contributed by atoms with E-state index >= 15 is 0 Å². The van der Waals surface area contributed by atoms with Crippen LogP contribution in [-0.4, -0.2) is 49.1 Å². The number of nitrogens with one attached hydrogen (secondary N) is 1. The number of nitrogens with zero attached hydrogens (tertiary/aromatic N) is 1. The van der Waals surface area contributed by atoms with E-state index in [2.05, 4.69) is 5.32 Å². The summed E-state index contributed by atoms with van der Waals surface area (Å²) in [6.07, 6.45) is 0. The molecule has 0 saturated carbocycles. The molecule has 1 aromatic rings. The molecule has 2 amide bonds. The molecule has 1 aromatic carbocycles. The molecule has 124 valence electrons. The quantitative estimate of drug-likeness (QED) is 0.906. The first-order chi connectivity index (χ1) is 10.9. The fraction of sp³-hybridized carbons (Fsp3) is 0.529. The molecule has 3 rings (SSSR count). The van der Waals surface area contributed by atoms with Crippen LogP contribution in [0, 0.1) is 0 Å². The topological polar surface area (TPSA) is 67.9 Å². The summed E-state index contributed by atoms with van der Waals surface area (Å²) in [5.41, 5.74) is 0.189. The Bertz CT molecular complexity index is 635. The highest BCUT2D eigenvalue weighted by molar-refractivity contribution is 5.88. The molecule has 1 saturated heterocycles. The Hall–Kier alpha value is -2.24. The monoisotopic (exact) mass is 318 g/mol. The fourth-order valence-corrected chi connectivity index (χ4v) is 2.76. The number of benzene rings is 1. The van der Waals surface area contributed by atoms with Gasteiger partial charge in [0.2, 0.25) is 11.8 Å². The number of hydrogen-bond donors (Lipinski definition) is 1. The van der Waals surface area contributed by atoms with Gasteiger partial charge in [-0.05, 0) is 31.5 Å². The molecule has 0 radical (unpaired) electrons. The molecule has 0 bridgehead atoms. The second-order valence-corrected chi connectivity index (χ2v) is 6.58. The van der Waals surface area contributed by atoms with E-state index in [-0.39, 0.29) is 17.9 Å². The van der Waals surface area contributed by atoms with Gasteiger partial charge in [-0.25, -0.2) is 0 Å². The van der Waals surface area contributed by atoms with E-state index in [0.29, 0.717) is 37.8 Å². The minimum atomic E-state index is -0.688. The number of fused-ring (bicyclic) bond motifs is 1. The molecule has 2 aliphatic heterocycles. The molecule has 2 aliphatic rings. The van der Waals surface area contributed by atoms with Gasteiger partial charge in [0.15, 0.2) is 11.5 Å². The summed E-state index contributed by atoms with van der Waals surface area (Å²) in [5.74, 6) is 1.39. The Balaban J connectivity index is 1.68. The molecule has 2 heterocycles. The predicted octanol–water partition coefficient (Wildman–Crippen LogP) is 1.08. The van der Waals surface area contributed by atoms with Crippen LogP contribution in [0.25, 0.3) is 0 Å². The van der Waals surface area contributed by atoms with Crippen LogP contribution >= 0.6 is 0 Å². The van der Waals surface area contributed by atoms with Gasteiger partial charge in [-0.15, -0.1) is 0 Å². The standard InChI is InChI=1S/C17H22N2O4/c1-11(20)19-9-13(10-19)18-16(21)17(2,3)12-4-5-14-15(8-12)23-7-6-22-14/h4-5,8,13H,6-7,9-10H2,1-3H3,(H,18,21). The van der Waals surface area contributed by atoms with Crippen molar-refractivity contribution in [3.05, 3.63) is 23.8 Å². The molecule has 6 nitrogen and oxygen atoms in total. The summed E-state index contributed by atoms with van der Waals surface area (Å²) < 4.78 is 11.1. The van der Waals surface area contributed by atoms with Crippen LogP contribution in [0.2, 0.25) is 0 Å². The molecule has 0 atom stereocenters. The Labute approximate surface area is 135 Å². The van der Waals surface area contributed by atoms with E-state index < -0.39 is 5.41 Å². The molecule has 0 aromatic heterocycles. The maximum absolute atomic E-state index is 12.6. The number of carbonyl (C=O) groups excluding carboxylic acids is 2. The van der Waals surface area contributed by atoms with E-state index in [1.165, 1.54) is 6.92 Å². The highest BCUT2D eigenvalue weighted by Crippen LogP contribution is 2.35.